The highest BCUT2D eigenvalue weighted by atomic mass is 16.7. The van der Waals surface area contributed by atoms with Gasteiger partial charge in [0.05, 0.1) is 24.7 Å². The summed E-state index contributed by atoms with van der Waals surface area (Å²) in [6.07, 6.45) is 2.04. The van der Waals surface area contributed by atoms with Crippen LogP contribution >= 0.6 is 0 Å². The first kappa shape index (κ1) is 15.5. The molecule has 9 heteroatoms. The van der Waals surface area contributed by atoms with E-state index in [1.807, 2.05) is 6.07 Å². The molecule has 4 rings (SSSR count). The van der Waals surface area contributed by atoms with Crippen molar-refractivity contribution in [3.8, 4) is 0 Å². The van der Waals surface area contributed by atoms with Crippen LogP contribution in [0.15, 0.2) is 42.9 Å². The molecule has 1 saturated heterocycles. The fourth-order valence-corrected chi connectivity index (χ4v) is 2.53. The fourth-order valence-electron chi connectivity index (χ4n) is 2.53. The van der Waals surface area contributed by atoms with Crippen LogP contribution in [0.25, 0.3) is 11.2 Å². The zero-order valence-corrected chi connectivity index (χ0v) is 13.1. The minimum absolute atomic E-state index is 0.00597. The average molecular weight is 341 g/mol. The zero-order valence-electron chi connectivity index (χ0n) is 13.1. The van der Waals surface area contributed by atoms with Crippen LogP contribution in [0.5, 0.6) is 0 Å². The van der Waals surface area contributed by atoms with Gasteiger partial charge in [0.2, 0.25) is 5.95 Å². The molecule has 0 unspecified atom stereocenters. The number of imidazole rings is 1. The summed E-state index contributed by atoms with van der Waals surface area (Å²) in [4.78, 5) is 24.2. The van der Waals surface area contributed by atoms with E-state index in [4.69, 9.17) is 19.9 Å². The van der Waals surface area contributed by atoms with Gasteiger partial charge in [-0.1, -0.05) is 18.2 Å². The van der Waals surface area contributed by atoms with Gasteiger partial charge in [-0.05, 0) is 12.1 Å². The average Bonchev–Trinajstić information content (AvgIpc) is 3.26. The van der Waals surface area contributed by atoms with E-state index in [0.717, 1.165) is 0 Å². The van der Waals surface area contributed by atoms with Gasteiger partial charge in [-0.15, -0.1) is 0 Å². The number of benzene rings is 1. The molecule has 0 spiro atoms. The number of nitrogen functional groups attached to an aromatic ring is 1. The van der Waals surface area contributed by atoms with Crippen molar-refractivity contribution >= 4 is 23.1 Å². The van der Waals surface area contributed by atoms with E-state index in [-0.39, 0.29) is 19.2 Å². The molecule has 0 amide bonds. The molecular weight excluding hydrogens is 326 g/mol. The SMILES string of the molecule is Nc1ncc2ncn([C@H]3CO[C@@H](COC(=O)c4ccccc4)O3)c2n1. The van der Waals surface area contributed by atoms with Crippen LogP contribution in [0, 0.1) is 0 Å². The number of fused-ring (bicyclic) bond motifs is 1. The quantitative estimate of drug-likeness (QED) is 0.703. The number of aromatic nitrogens is 4. The Bertz CT molecular complexity index is 898. The van der Waals surface area contributed by atoms with Crippen LogP contribution in [0.4, 0.5) is 5.95 Å². The second kappa shape index (κ2) is 6.46. The summed E-state index contributed by atoms with van der Waals surface area (Å²) < 4.78 is 18.2. The molecular formula is C16H15N5O4. The van der Waals surface area contributed by atoms with Gasteiger partial charge in [0.15, 0.2) is 18.2 Å². The number of hydrogen-bond donors (Lipinski definition) is 1. The molecule has 1 fully saturated rings. The first-order valence-corrected chi connectivity index (χ1v) is 7.65. The Labute approximate surface area is 142 Å². The molecule has 128 valence electrons. The van der Waals surface area contributed by atoms with Crippen molar-refractivity contribution in [1.29, 1.82) is 0 Å². The standard InChI is InChI=1S/C16H15N5O4/c17-16-18-6-11-14(20-16)21(9-19-11)12-7-23-13(25-12)8-24-15(22)10-4-2-1-3-5-10/h1-6,9,12-13H,7-8H2,(H2,17,18,20)/t12-,13-/m1/s1. The number of ether oxygens (including phenoxy) is 3. The summed E-state index contributed by atoms with van der Waals surface area (Å²) in [6.45, 7) is 0.275. The van der Waals surface area contributed by atoms with Crippen LogP contribution in [-0.2, 0) is 14.2 Å². The lowest BCUT2D eigenvalue weighted by molar-refractivity contribution is -0.102. The van der Waals surface area contributed by atoms with Gasteiger partial charge in [-0.25, -0.2) is 14.8 Å². The lowest BCUT2D eigenvalue weighted by Crippen LogP contribution is -2.20. The molecule has 2 atom stereocenters. The number of nitrogens with two attached hydrogens (primary N) is 1. The number of rotatable bonds is 4. The highest BCUT2D eigenvalue weighted by Crippen LogP contribution is 2.24. The summed E-state index contributed by atoms with van der Waals surface area (Å²) in [5.41, 5.74) is 7.26. The van der Waals surface area contributed by atoms with Crippen molar-refractivity contribution < 1.29 is 19.0 Å². The molecule has 9 nitrogen and oxygen atoms in total. The largest absolute Gasteiger partial charge is 0.457 e. The van der Waals surface area contributed by atoms with Crippen LogP contribution in [0.1, 0.15) is 16.6 Å². The summed E-state index contributed by atoms with van der Waals surface area (Å²) in [5, 5.41) is 0. The van der Waals surface area contributed by atoms with Crippen molar-refractivity contribution in [2.24, 2.45) is 0 Å². The lowest BCUT2D eigenvalue weighted by Gasteiger charge is -2.13. The monoisotopic (exact) mass is 341 g/mol. The van der Waals surface area contributed by atoms with Crippen LogP contribution < -0.4 is 5.73 Å². The maximum atomic E-state index is 11.9. The van der Waals surface area contributed by atoms with E-state index in [1.54, 1.807) is 41.4 Å². The van der Waals surface area contributed by atoms with Gasteiger partial charge in [-0.2, -0.15) is 4.98 Å². The summed E-state index contributed by atoms with van der Waals surface area (Å²) >= 11 is 0. The molecule has 3 aromatic rings. The predicted molar refractivity (Wildman–Crippen MR) is 86.3 cm³/mol. The van der Waals surface area contributed by atoms with E-state index in [2.05, 4.69) is 15.0 Å². The Morgan fingerprint density at radius 1 is 1.32 bits per heavy atom. The highest BCUT2D eigenvalue weighted by Gasteiger charge is 2.30. The van der Waals surface area contributed by atoms with E-state index >= 15 is 0 Å². The number of nitrogens with zero attached hydrogens (tertiary/aromatic N) is 4. The third-order valence-electron chi connectivity index (χ3n) is 3.74. The molecule has 0 saturated carbocycles. The van der Waals surface area contributed by atoms with Gasteiger partial charge in [0, 0.05) is 0 Å². The third-order valence-corrected chi connectivity index (χ3v) is 3.74. The summed E-state index contributed by atoms with van der Waals surface area (Å²) in [5.74, 6) is -0.272. The topological polar surface area (TPSA) is 114 Å². The lowest BCUT2D eigenvalue weighted by atomic mass is 10.2. The molecule has 0 aliphatic carbocycles. The number of anilines is 1. The second-order valence-electron chi connectivity index (χ2n) is 5.41. The van der Waals surface area contributed by atoms with Crippen molar-refractivity contribution in [2.75, 3.05) is 18.9 Å². The van der Waals surface area contributed by atoms with Crippen LogP contribution in [0.3, 0.4) is 0 Å². The predicted octanol–water partition coefficient (Wildman–Crippen LogP) is 1.14. The van der Waals surface area contributed by atoms with Crippen molar-refractivity contribution in [1.82, 2.24) is 19.5 Å². The molecule has 1 aliphatic heterocycles. The maximum absolute atomic E-state index is 11.9. The van der Waals surface area contributed by atoms with Gasteiger partial charge in [0.1, 0.15) is 12.1 Å². The molecule has 3 heterocycles. The zero-order chi connectivity index (χ0) is 17.2. The van der Waals surface area contributed by atoms with Crippen LogP contribution in [0.2, 0.25) is 0 Å². The number of hydrogen-bond acceptors (Lipinski definition) is 8. The van der Waals surface area contributed by atoms with E-state index in [9.17, 15) is 4.79 Å². The smallest absolute Gasteiger partial charge is 0.338 e. The van der Waals surface area contributed by atoms with Gasteiger partial charge in [0.25, 0.3) is 0 Å². The molecule has 1 aliphatic rings. The molecule has 2 N–H and O–H groups in total. The van der Waals surface area contributed by atoms with E-state index < -0.39 is 18.5 Å². The summed E-state index contributed by atoms with van der Waals surface area (Å²) in [6, 6.07) is 8.74. The van der Waals surface area contributed by atoms with Crippen molar-refractivity contribution in [2.45, 2.75) is 12.5 Å². The molecule has 25 heavy (non-hydrogen) atoms. The van der Waals surface area contributed by atoms with Crippen LogP contribution in [-0.4, -0.2) is 45.0 Å². The van der Waals surface area contributed by atoms with Gasteiger partial charge < -0.3 is 19.9 Å². The fraction of sp³-hybridized carbons (Fsp3) is 0.250. The Balaban J connectivity index is 1.39. The van der Waals surface area contributed by atoms with Gasteiger partial charge >= 0.3 is 5.97 Å². The number of carbonyl (C=O) groups excluding carboxylic acids is 1. The Morgan fingerprint density at radius 2 is 2.16 bits per heavy atom. The van der Waals surface area contributed by atoms with E-state index in [0.29, 0.717) is 16.7 Å². The van der Waals surface area contributed by atoms with Crippen molar-refractivity contribution in [3.63, 3.8) is 0 Å². The minimum Gasteiger partial charge on any atom is -0.457 e. The van der Waals surface area contributed by atoms with Gasteiger partial charge in [-0.3, -0.25) is 4.57 Å². The normalized spacial score (nSPS) is 20.0. The van der Waals surface area contributed by atoms with E-state index in [1.165, 1.54) is 0 Å². The highest BCUT2D eigenvalue weighted by molar-refractivity contribution is 5.89. The minimum atomic E-state index is -0.658. The molecule has 0 bridgehead atoms. The number of esters is 1. The first-order chi connectivity index (χ1) is 12.2. The molecule has 1 aromatic carbocycles. The Hall–Kier alpha value is -3.04. The summed E-state index contributed by atoms with van der Waals surface area (Å²) in [7, 11) is 0. The Morgan fingerprint density at radius 3 is 3.00 bits per heavy atom. The first-order valence-electron chi connectivity index (χ1n) is 7.65. The Kier molecular flexibility index (Phi) is 4.00. The number of carbonyl (C=O) groups is 1. The van der Waals surface area contributed by atoms with Crippen molar-refractivity contribution in [3.05, 3.63) is 48.4 Å². The third kappa shape index (κ3) is 3.14. The molecule has 2 aromatic heterocycles. The molecule has 0 radical (unpaired) electrons. The second-order valence-corrected chi connectivity index (χ2v) is 5.41. The maximum Gasteiger partial charge on any atom is 0.338 e.